The molecule has 0 radical (unpaired) electrons. The van der Waals surface area contributed by atoms with Gasteiger partial charge in [-0.3, -0.25) is 10.1 Å². The van der Waals surface area contributed by atoms with Crippen molar-refractivity contribution in [3.63, 3.8) is 0 Å². The second-order valence-corrected chi connectivity index (χ2v) is 3.49. The number of hydrogen-bond acceptors (Lipinski definition) is 4. The van der Waals surface area contributed by atoms with Crippen LogP contribution < -0.4 is 0 Å². The van der Waals surface area contributed by atoms with Crippen molar-refractivity contribution < 1.29 is 19.9 Å². The van der Waals surface area contributed by atoms with Gasteiger partial charge in [0.1, 0.15) is 0 Å². The van der Waals surface area contributed by atoms with Crippen LogP contribution in [0.2, 0.25) is 5.02 Å². The van der Waals surface area contributed by atoms with Crippen molar-refractivity contribution in [2.24, 2.45) is 0 Å². The first kappa shape index (κ1) is 12.4. The quantitative estimate of drug-likeness (QED) is 0.623. The summed E-state index contributed by atoms with van der Waals surface area (Å²) in [6.45, 7) is 1.39. The van der Waals surface area contributed by atoms with Gasteiger partial charge in [-0.1, -0.05) is 11.6 Å². The van der Waals surface area contributed by atoms with Crippen molar-refractivity contribution in [1.29, 1.82) is 0 Å². The lowest BCUT2D eigenvalue weighted by Gasteiger charge is -2.09. The fourth-order valence-electron chi connectivity index (χ4n) is 1.24. The predicted molar refractivity (Wildman–Crippen MR) is 55.4 cm³/mol. The summed E-state index contributed by atoms with van der Waals surface area (Å²) in [5.74, 6) is -1.46. The van der Waals surface area contributed by atoms with Crippen molar-refractivity contribution >= 4 is 23.3 Å². The summed E-state index contributed by atoms with van der Waals surface area (Å²) in [4.78, 5) is 20.5. The number of aliphatic hydroxyl groups is 1. The summed E-state index contributed by atoms with van der Waals surface area (Å²) in [7, 11) is 0. The number of nitro benzene ring substituents is 1. The van der Waals surface area contributed by atoms with E-state index < -0.39 is 17.0 Å². The summed E-state index contributed by atoms with van der Waals surface area (Å²) in [6.07, 6.45) is -1.79. The second-order valence-electron chi connectivity index (χ2n) is 3.11. The maximum Gasteiger partial charge on any atom is 0.337 e. The van der Waals surface area contributed by atoms with Gasteiger partial charge in [0.15, 0.2) is 6.10 Å². The van der Waals surface area contributed by atoms with Gasteiger partial charge in [0.25, 0.3) is 5.69 Å². The van der Waals surface area contributed by atoms with E-state index in [2.05, 4.69) is 0 Å². The Morgan fingerprint density at radius 2 is 2.12 bits per heavy atom. The monoisotopic (exact) mass is 245 g/mol. The highest BCUT2D eigenvalue weighted by atomic mass is 35.5. The number of aliphatic carboxylic acids is 1. The van der Waals surface area contributed by atoms with Gasteiger partial charge in [0, 0.05) is 17.2 Å². The molecule has 0 aliphatic heterocycles. The van der Waals surface area contributed by atoms with E-state index in [1.54, 1.807) is 0 Å². The molecule has 0 aromatic heterocycles. The molecule has 1 rings (SSSR count). The maximum atomic E-state index is 10.6. The lowest BCUT2D eigenvalue weighted by Crippen LogP contribution is -2.11. The minimum absolute atomic E-state index is 0.0581. The average Bonchev–Trinajstić information content (AvgIpc) is 2.20. The molecule has 1 unspecified atom stereocenters. The molecule has 0 fully saturated rings. The molecule has 0 heterocycles. The third kappa shape index (κ3) is 2.12. The van der Waals surface area contributed by atoms with Crippen LogP contribution in [0.15, 0.2) is 12.1 Å². The van der Waals surface area contributed by atoms with Crippen LogP contribution in [0.3, 0.4) is 0 Å². The Kier molecular flexibility index (Phi) is 3.46. The summed E-state index contributed by atoms with van der Waals surface area (Å²) >= 11 is 5.75. The summed E-state index contributed by atoms with van der Waals surface area (Å²) in [6, 6.07) is 2.24. The first-order valence-corrected chi connectivity index (χ1v) is 4.58. The van der Waals surface area contributed by atoms with Crippen molar-refractivity contribution in [3.8, 4) is 0 Å². The molecule has 7 heteroatoms. The molecule has 16 heavy (non-hydrogen) atoms. The molecule has 6 nitrogen and oxygen atoms in total. The van der Waals surface area contributed by atoms with E-state index in [4.69, 9.17) is 16.7 Å². The van der Waals surface area contributed by atoms with E-state index in [-0.39, 0.29) is 21.8 Å². The number of carbonyl (C=O) groups is 1. The van der Waals surface area contributed by atoms with E-state index in [0.717, 1.165) is 12.1 Å². The number of benzene rings is 1. The lowest BCUT2D eigenvalue weighted by atomic mass is 10.1. The Balaban J connectivity index is 3.32. The van der Waals surface area contributed by atoms with Crippen LogP contribution >= 0.6 is 11.6 Å². The molecule has 0 aliphatic rings. The maximum absolute atomic E-state index is 10.6. The fourth-order valence-corrected chi connectivity index (χ4v) is 1.50. The van der Waals surface area contributed by atoms with E-state index in [1.165, 1.54) is 6.92 Å². The minimum atomic E-state index is -1.79. The molecule has 1 aromatic carbocycles. The molecule has 0 spiro atoms. The number of hydrogen-bond donors (Lipinski definition) is 2. The van der Waals surface area contributed by atoms with Crippen LogP contribution in [0.5, 0.6) is 0 Å². The molecule has 0 aliphatic carbocycles. The molecular formula is C9H8ClNO5. The molecule has 1 atom stereocenters. The van der Waals surface area contributed by atoms with E-state index in [9.17, 15) is 20.0 Å². The van der Waals surface area contributed by atoms with Crippen LogP contribution in [-0.4, -0.2) is 21.1 Å². The van der Waals surface area contributed by atoms with Crippen LogP contribution in [0.1, 0.15) is 17.2 Å². The highest BCUT2D eigenvalue weighted by molar-refractivity contribution is 6.32. The number of carboxylic acid groups (broad SMARTS) is 1. The smallest absolute Gasteiger partial charge is 0.337 e. The highest BCUT2D eigenvalue weighted by Gasteiger charge is 2.23. The van der Waals surface area contributed by atoms with Crippen molar-refractivity contribution in [2.45, 2.75) is 13.0 Å². The number of halogens is 1. The third-order valence-electron chi connectivity index (χ3n) is 2.11. The molecule has 0 saturated carbocycles. The molecule has 0 saturated heterocycles. The Labute approximate surface area is 95.2 Å². The molecule has 0 amide bonds. The number of nitrogens with zero attached hydrogens (tertiary/aromatic N) is 1. The number of nitro groups is 1. The standard InChI is InChI=1S/C9H8ClNO5/c1-4-6(11(15)16)3-2-5(7(4)10)8(12)9(13)14/h2-3,8,12H,1H3,(H,13,14). The van der Waals surface area contributed by atoms with Gasteiger partial charge in [-0.2, -0.15) is 0 Å². The van der Waals surface area contributed by atoms with E-state index in [1.807, 2.05) is 0 Å². The minimum Gasteiger partial charge on any atom is -0.479 e. The SMILES string of the molecule is Cc1c([N+](=O)[O-])ccc(C(O)C(=O)O)c1Cl. The van der Waals surface area contributed by atoms with Gasteiger partial charge < -0.3 is 10.2 Å². The average molecular weight is 246 g/mol. The van der Waals surface area contributed by atoms with E-state index >= 15 is 0 Å². The Morgan fingerprint density at radius 1 is 1.56 bits per heavy atom. The Bertz CT molecular complexity index is 459. The van der Waals surface area contributed by atoms with Gasteiger partial charge in [0.05, 0.1) is 9.95 Å². The van der Waals surface area contributed by atoms with Crippen molar-refractivity contribution in [2.75, 3.05) is 0 Å². The second kappa shape index (κ2) is 4.46. The van der Waals surface area contributed by atoms with Crippen LogP contribution in [0.25, 0.3) is 0 Å². The van der Waals surface area contributed by atoms with Gasteiger partial charge >= 0.3 is 5.97 Å². The largest absolute Gasteiger partial charge is 0.479 e. The van der Waals surface area contributed by atoms with Gasteiger partial charge in [-0.15, -0.1) is 0 Å². The van der Waals surface area contributed by atoms with E-state index in [0.29, 0.717) is 0 Å². The van der Waals surface area contributed by atoms with Crippen LogP contribution in [0.4, 0.5) is 5.69 Å². The Morgan fingerprint density at radius 3 is 2.56 bits per heavy atom. The molecule has 86 valence electrons. The number of rotatable bonds is 3. The Hall–Kier alpha value is -1.66. The number of aliphatic hydroxyl groups excluding tert-OH is 1. The summed E-state index contributed by atoms with van der Waals surface area (Å²) in [5.41, 5.74) is -0.145. The molecule has 2 N–H and O–H groups in total. The first-order chi connectivity index (χ1) is 7.36. The highest BCUT2D eigenvalue weighted by Crippen LogP contribution is 2.32. The lowest BCUT2D eigenvalue weighted by molar-refractivity contribution is -0.385. The number of carboxylic acids is 1. The van der Waals surface area contributed by atoms with Gasteiger partial charge in [-0.25, -0.2) is 4.79 Å². The fraction of sp³-hybridized carbons (Fsp3) is 0.222. The summed E-state index contributed by atoms with van der Waals surface area (Å²) < 4.78 is 0. The van der Waals surface area contributed by atoms with Crippen molar-refractivity contribution in [1.82, 2.24) is 0 Å². The zero-order valence-electron chi connectivity index (χ0n) is 8.18. The summed E-state index contributed by atoms with van der Waals surface area (Å²) in [5, 5.41) is 28.3. The van der Waals surface area contributed by atoms with Gasteiger partial charge in [-0.05, 0) is 13.0 Å². The zero-order valence-corrected chi connectivity index (χ0v) is 8.93. The van der Waals surface area contributed by atoms with Crippen molar-refractivity contribution in [3.05, 3.63) is 38.4 Å². The predicted octanol–water partition coefficient (Wildman–Crippen LogP) is 1.67. The normalized spacial score (nSPS) is 12.2. The topological polar surface area (TPSA) is 101 Å². The third-order valence-corrected chi connectivity index (χ3v) is 2.61. The van der Waals surface area contributed by atoms with Gasteiger partial charge in [0.2, 0.25) is 0 Å². The molecular weight excluding hydrogens is 238 g/mol. The van der Waals surface area contributed by atoms with Crippen LogP contribution in [-0.2, 0) is 4.79 Å². The molecule has 0 bridgehead atoms. The first-order valence-electron chi connectivity index (χ1n) is 4.20. The zero-order chi connectivity index (χ0) is 12.5. The molecule has 1 aromatic rings. The van der Waals surface area contributed by atoms with Crippen LogP contribution in [0, 0.1) is 17.0 Å².